The van der Waals surface area contributed by atoms with E-state index in [0.717, 1.165) is 5.31 Å². The molecule has 7 nitrogen and oxygen atoms in total. The van der Waals surface area contributed by atoms with Crippen LogP contribution in [0.1, 0.15) is 57.8 Å². The fourth-order valence-corrected chi connectivity index (χ4v) is 4.90. The molecule has 0 spiro atoms. The number of carbonyl (C=O) groups excluding carboxylic acids is 1. The Morgan fingerprint density at radius 3 is 2.20 bits per heavy atom. The third-order valence-corrected chi connectivity index (χ3v) is 6.61. The molecule has 0 unspecified atom stereocenters. The summed E-state index contributed by atoms with van der Waals surface area (Å²) in [6, 6.07) is 22.9. The van der Waals surface area contributed by atoms with Gasteiger partial charge in [0.1, 0.15) is 5.82 Å². The van der Waals surface area contributed by atoms with Gasteiger partial charge >= 0.3 is 5.97 Å². The SMILES string of the molecule is [2H]OC(=O)C[C@@H](O)C[C@@H](O)C([2H])([2H])Cn1c(-c2ccc(F)cc2)c(-c2ccccc2)c(C(=O)N([2H])c2ccccc2)c1C(C)C. The van der Waals surface area contributed by atoms with E-state index in [1.807, 2.05) is 13.8 Å². The Balaban J connectivity index is 1.98. The molecule has 4 N–H and O–H groups in total. The van der Waals surface area contributed by atoms with Crippen molar-refractivity contribution in [1.82, 2.24) is 4.57 Å². The molecule has 0 saturated heterocycles. The van der Waals surface area contributed by atoms with Crippen LogP contribution in [0.15, 0.2) is 84.9 Å². The minimum Gasteiger partial charge on any atom is -0.481 e. The van der Waals surface area contributed by atoms with E-state index < -0.39 is 61.6 Å². The van der Waals surface area contributed by atoms with Crippen LogP contribution in [0.2, 0.25) is 1.41 Å². The van der Waals surface area contributed by atoms with Crippen molar-refractivity contribution in [3.05, 3.63) is 102 Å². The van der Waals surface area contributed by atoms with Crippen molar-refractivity contribution < 1.29 is 33.5 Å². The summed E-state index contributed by atoms with van der Waals surface area (Å²) in [7, 11) is 0. The lowest BCUT2D eigenvalue weighted by Crippen LogP contribution is -2.22. The number of halogens is 1. The molecule has 214 valence electrons. The van der Waals surface area contributed by atoms with E-state index in [-0.39, 0.29) is 5.56 Å². The van der Waals surface area contributed by atoms with Crippen molar-refractivity contribution in [2.24, 2.45) is 0 Å². The molecule has 0 aliphatic rings. The zero-order chi connectivity index (χ0) is 32.9. The van der Waals surface area contributed by atoms with Gasteiger partial charge in [-0.25, -0.2) is 4.39 Å². The molecule has 0 aliphatic carbocycles. The lowest BCUT2D eigenvalue weighted by molar-refractivity contribution is -0.139. The summed E-state index contributed by atoms with van der Waals surface area (Å²) in [6.45, 7) is 3.15. The Labute approximate surface area is 244 Å². The van der Waals surface area contributed by atoms with Crippen molar-refractivity contribution in [2.45, 2.75) is 57.7 Å². The number of aliphatic hydroxyl groups excluding tert-OH is 2. The number of para-hydroxylation sites is 1. The third-order valence-electron chi connectivity index (χ3n) is 6.61. The lowest BCUT2D eigenvalue weighted by Gasteiger charge is -2.20. The van der Waals surface area contributed by atoms with Crippen LogP contribution >= 0.6 is 0 Å². The Morgan fingerprint density at radius 1 is 0.951 bits per heavy atom. The van der Waals surface area contributed by atoms with Gasteiger partial charge in [-0.1, -0.05) is 62.4 Å². The second-order valence-corrected chi connectivity index (χ2v) is 10.0. The molecule has 0 bridgehead atoms. The Morgan fingerprint density at radius 2 is 1.59 bits per heavy atom. The molecule has 8 heteroatoms. The van der Waals surface area contributed by atoms with Gasteiger partial charge in [-0.2, -0.15) is 0 Å². The summed E-state index contributed by atoms with van der Waals surface area (Å²) < 4.78 is 48.9. The molecule has 3 aromatic carbocycles. The van der Waals surface area contributed by atoms with Gasteiger partial charge in [0.25, 0.3) is 7.34 Å². The Hall–Kier alpha value is -4.27. The third kappa shape index (κ3) is 7.28. The van der Waals surface area contributed by atoms with Gasteiger partial charge in [-0.3, -0.25) is 9.59 Å². The van der Waals surface area contributed by atoms with Crippen molar-refractivity contribution >= 4 is 17.6 Å². The fraction of sp³-hybridized carbons (Fsp3) is 0.273. The summed E-state index contributed by atoms with van der Waals surface area (Å²) >= 11 is 0. The number of rotatable bonds is 12. The van der Waals surface area contributed by atoms with E-state index in [1.165, 1.54) is 24.3 Å². The number of aliphatic hydroxyl groups is 2. The van der Waals surface area contributed by atoms with Gasteiger partial charge < -0.3 is 25.2 Å². The van der Waals surface area contributed by atoms with E-state index in [4.69, 9.17) is 5.58 Å². The number of nitrogens with zero attached hydrogens (tertiary/aromatic N) is 1. The van der Waals surface area contributed by atoms with E-state index in [1.54, 1.807) is 65.2 Å². The predicted molar refractivity (Wildman–Crippen MR) is 157 cm³/mol. The fourth-order valence-electron chi connectivity index (χ4n) is 4.90. The molecular weight excluding hydrogens is 523 g/mol. The van der Waals surface area contributed by atoms with Gasteiger partial charge in [-0.15, -0.1) is 0 Å². The summed E-state index contributed by atoms with van der Waals surface area (Å²) in [5.74, 6) is -2.59. The summed E-state index contributed by atoms with van der Waals surface area (Å²) in [5, 5.41) is 25.8. The molecule has 0 aliphatic heterocycles. The lowest BCUT2D eigenvalue weighted by atomic mass is 9.94. The van der Waals surface area contributed by atoms with Crippen LogP contribution < -0.4 is 5.31 Å². The molecule has 4 aromatic rings. The highest BCUT2D eigenvalue weighted by atomic mass is 19.1. The van der Waals surface area contributed by atoms with Crippen LogP contribution in [0.3, 0.4) is 0 Å². The highest BCUT2D eigenvalue weighted by molar-refractivity contribution is 6.12. The predicted octanol–water partition coefficient (Wildman–Crippen LogP) is 6.31. The highest BCUT2D eigenvalue weighted by Gasteiger charge is 2.31. The number of hydrogen-bond donors (Lipinski definition) is 4. The van der Waals surface area contributed by atoms with Crippen LogP contribution in [-0.2, 0) is 11.3 Å². The van der Waals surface area contributed by atoms with Crippen LogP contribution in [0.5, 0.6) is 0 Å². The number of benzene rings is 3. The summed E-state index contributed by atoms with van der Waals surface area (Å²) in [5.41, 5.74) is 2.72. The summed E-state index contributed by atoms with van der Waals surface area (Å²) in [4.78, 5) is 25.8. The van der Waals surface area contributed by atoms with Crippen molar-refractivity contribution in [3.63, 3.8) is 0 Å². The first kappa shape index (κ1) is 24.5. The zero-order valence-electron chi connectivity index (χ0n) is 26.8. The average molecular weight is 563 g/mol. The van der Waals surface area contributed by atoms with Crippen molar-refractivity contribution in [1.29, 1.82) is 1.43 Å². The molecule has 0 radical (unpaired) electrons. The van der Waals surface area contributed by atoms with E-state index in [0.29, 0.717) is 33.8 Å². The van der Waals surface area contributed by atoms with Crippen LogP contribution in [0.4, 0.5) is 10.1 Å². The number of amides is 1. The number of carboxylic acids is 1. The second kappa shape index (κ2) is 13.4. The molecule has 1 amide bonds. The van der Waals surface area contributed by atoms with Crippen LogP contribution in [-0.4, -0.2) is 44.0 Å². The molecule has 0 saturated carbocycles. The maximum atomic E-state index is 14.3. The van der Waals surface area contributed by atoms with Crippen LogP contribution in [0.25, 0.3) is 23.8 Å². The maximum absolute atomic E-state index is 14.3. The number of carboxylic acid groups (broad SMARTS) is 1. The zero-order valence-corrected chi connectivity index (χ0v) is 22.8. The first-order chi connectivity index (χ1) is 21.4. The number of carbonyl (C=O) groups is 2. The average Bonchev–Trinajstić information content (AvgIpc) is 3.35. The number of nitrogens with one attached hydrogen (secondary N) is 1. The van der Waals surface area contributed by atoms with E-state index >= 15 is 0 Å². The molecular formula is C33H35FN2O5. The van der Waals surface area contributed by atoms with Gasteiger partial charge in [0.05, 0.1) is 29.9 Å². The Kier molecular flexibility index (Phi) is 8.01. The monoisotopic (exact) mass is 562 g/mol. The minimum absolute atomic E-state index is 0.151. The van der Waals surface area contributed by atoms with Crippen molar-refractivity contribution in [3.8, 4) is 22.4 Å². The number of aliphatic carboxylic acids is 1. The first-order valence-corrected chi connectivity index (χ1v) is 13.3. The quantitative estimate of drug-likeness (QED) is 0.162. The maximum Gasteiger partial charge on any atom is 0.305 e. The standard InChI is InChI=1S/C33H35FN2O5/c1-21(2)31-30(33(41)35-25-11-7-4-8-12-25)29(22-9-5-3-6-10-22)32(23-13-15-24(34)16-14-23)36(31)18-17-26(37)19-27(38)20-28(39)40/h3-16,21,26-27,37-38H,17-20H2,1-2H3,(H,35,41)(H,39,40)/t26-,27-/m0/s1/i17D2/hD2. The topological polar surface area (TPSA) is 112 Å². The Bertz CT molecular complexity index is 1620. The number of aromatic nitrogens is 1. The number of anilines is 1. The number of hydrogen-bond acceptors (Lipinski definition) is 5. The summed E-state index contributed by atoms with van der Waals surface area (Å²) in [6.07, 6.45) is -6.80. The molecule has 4 rings (SSSR count). The van der Waals surface area contributed by atoms with Gasteiger partial charge in [-0.05, 0) is 66.2 Å². The molecule has 1 aromatic heterocycles. The minimum atomic E-state index is -2.42. The first-order valence-electron chi connectivity index (χ1n) is 15.2. The van der Waals surface area contributed by atoms with Crippen molar-refractivity contribution in [2.75, 3.05) is 5.31 Å². The van der Waals surface area contributed by atoms with Crippen LogP contribution in [0, 0.1) is 5.82 Å². The molecule has 41 heavy (non-hydrogen) atoms. The van der Waals surface area contributed by atoms with E-state index in [9.17, 15) is 24.2 Å². The largest absolute Gasteiger partial charge is 0.481 e. The normalized spacial score (nSPS) is 14.4. The second-order valence-electron chi connectivity index (χ2n) is 10.0. The molecule has 1 heterocycles. The van der Waals surface area contributed by atoms with E-state index in [2.05, 4.69) is 5.11 Å². The van der Waals surface area contributed by atoms with Gasteiger partial charge in [0.2, 0.25) is 0 Å². The highest BCUT2D eigenvalue weighted by Crippen LogP contribution is 2.42. The van der Waals surface area contributed by atoms with Gasteiger partial charge in [0.15, 0.2) is 1.41 Å². The molecule has 0 fully saturated rings. The molecule has 2 atom stereocenters. The van der Waals surface area contributed by atoms with Gasteiger partial charge in [0, 0.05) is 26.2 Å². The smallest absolute Gasteiger partial charge is 0.305 e.